The molecule has 6 aromatic carbocycles. The second-order valence-corrected chi connectivity index (χ2v) is 12.3. The van der Waals surface area contributed by atoms with Crippen LogP contribution in [-0.2, 0) is 37.6 Å². The van der Waals surface area contributed by atoms with E-state index >= 15 is 0 Å². The molecule has 0 aliphatic carbocycles. The zero-order valence-corrected chi connectivity index (χ0v) is 27.7. The predicted molar refractivity (Wildman–Crippen MR) is 192 cm³/mol. The number of fused-ring (bicyclic) bond motifs is 1. The Bertz CT molecular complexity index is 1930. The normalized spacial score (nSPS) is 15.1. The van der Waals surface area contributed by atoms with Crippen molar-refractivity contribution in [2.45, 2.75) is 52.0 Å². The van der Waals surface area contributed by atoms with Crippen molar-refractivity contribution < 1.29 is 23.7 Å². The Morgan fingerprint density at radius 3 is 1.55 bits per heavy atom. The van der Waals surface area contributed by atoms with Crippen LogP contribution in [0.2, 0.25) is 0 Å². The lowest BCUT2D eigenvalue weighted by molar-refractivity contribution is -0.0467. The molecule has 5 heteroatoms. The van der Waals surface area contributed by atoms with E-state index in [0.29, 0.717) is 44.3 Å². The number of ether oxygens (including phenoxy) is 5. The molecular weight excluding hydrogens is 608 g/mol. The van der Waals surface area contributed by atoms with Crippen molar-refractivity contribution in [2.75, 3.05) is 0 Å². The van der Waals surface area contributed by atoms with Crippen LogP contribution in [0, 0.1) is 6.92 Å². The highest BCUT2D eigenvalue weighted by Gasteiger charge is 2.35. The van der Waals surface area contributed by atoms with Crippen LogP contribution in [0.3, 0.4) is 0 Å². The summed E-state index contributed by atoms with van der Waals surface area (Å²) in [4.78, 5) is 0. The summed E-state index contributed by atoms with van der Waals surface area (Å²) in [6, 6.07) is 51.0. The van der Waals surface area contributed by atoms with Crippen LogP contribution in [-0.4, -0.2) is 6.10 Å². The highest BCUT2D eigenvalue weighted by Crippen LogP contribution is 2.44. The molecular formula is C44H40O5. The first-order chi connectivity index (χ1) is 24.2. The molecule has 0 saturated carbocycles. The van der Waals surface area contributed by atoms with Crippen molar-refractivity contribution in [3.63, 3.8) is 0 Å². The summed E-state index contributed by atoms with van der Waals surface area (Å²) in [6.07, 6.45) is -0.0428. The molecule has 0 bridgehead atoms. The van der Waals surface area contributed by atoms with Gasteiger partial charge in [-0.15, -0.1) is 0 Å². The molecule has 0 radical (unpaired) electrons. The fraction of sp³-hybridized carbons (Fsp3) is 0.182. The van der Waals surface area contributed by atoms with Gasteiger partial charge in [0.1, 0.15) is 37.4 Å². The van der Waals surface area contributed by atoms with Gasteiger partial charge in [-0.1, -0.05) is 127 Å². The standard InChI is InChI=1S/C44H40O5/c1-32-24-40(46-29-34-16-8-3-9-17-34)38-27-43(48-31-36-20-12-5-13-21-36)44(49-41(38)25-32)37-22-23-39(45-28-33-14-6-2-7-15-33)42(26-37)47-30-35-18-10-4-11-19-35/h2-26,43-44H,27-31H2,1H3/t43-,44+/m0/s1. The van der Waals surface area contributed by atoms with Gasteiger partial charge in [0.05, 0.1) is 6.61 Å². The number of benzene rings is 6. The Balaban J connectivity index is 1.20. The van der Waals surface area contributed by atoms with Crippen molar-refractivity contribution in [3.8, 4) is 23.0 Å². The second kappa shape index (κ2) is 15.6. The molecule has 0 fully saturated rings. The molecule has 0 saturated heterocycles. The molecule has 7 rings (SSSR count). The summed E-state index contributed by atoms with van der Waals surface area (Å²) in [5.41, 5.74) is 7.41. The summed E-state index contributed by atoms with van der Waals surface area (Å²) in [7, 11) is 0. The van der Waals surface area contributed by atoms with Gasteiger partial charge in [-0.25, -0.2) is 0 Å². The second-order valence-electron chi connectivity index (χ2n) is 12.3. The molecule has 6 aromatic rings. The van der Waals surface area contributed by atoms with Crippen LogP contribution < -0.4 is 18.9 Å². The third-order valence-electron chi connectivity index (χ3n) is 8.62. The van der Waals surface area contributed by atoms with Crippen LogP contribution in [0.25, 0.3) is 0 Å². The molecule has 0 N–H and O–H groups in total. The molecule has 1 heterocycles. The number of hydrogen-bond donors (Lipinski definition) is 0. The average Bonchev–Trinajstić information content (AvgIpc) is 3.16. The van der Waals surface area contributed by atoms with Crippen molar-refractivity contribution in [1.29, 1.82) is 0 Å². The van der Waals surface area contributed by atoms with E-state index in [1.807, 2.05) is 84.9 Å². The summed E-state index contributed by atoms with van der Waals surface area (Å²) < 4.78 is 32.8. The minimum atomic E-state index is -0.387. The van der Waals surface area contributed by atoms with Crippen LogP contribution in [0.15, 0.2) is 152 Å². The average molecular weight is 649 g/mol. The molecule has 49 heavy (non-hydrogen) atoms. The van der Waals surface area contributed by atoms with Gasteiger partial charge in [-0.2, -0.15) is 0 Å². The number of aryl methyl sites for hydroxylation is 1. The van der Waals surface area contributed by atoms with Gasteiger partial charge in [0, 0.05) is 12.0 Å². The van der Waals surface area contributed by atoms with Crippen LogP contribution in [0.1, 0.15) is 45.0 Å². The molecule has 5 nitrogen and oxygen atoms in total. The summed E-state index contributed by atoms with van der Waals surface area (Å²) in [6.45, 7) is 3.85. The third-order valence-corrected chi connectivity index (χ3v) is 8.62. The predicted octanol–water partition coefficient (Wildman–Crippen LogP) is 9.99. The van der Waals surface area contributed by atoms with Gasteiger partial charge in [-0.3, -0.25) is 0 Å². The third kappa shape index (κ3) is 8.32. The first-order valence-electron chi connectivity index (χ1n) is 16.8. The molecule has 0 unspecified atom stereocenters. The molecule has 2 atom stereocenters. The molecule has 0 amide bonds. The summed E-state index contributed by atoms with van der Waals surface area (Å²) >= 11 is 0. The Kier molecular flexibility index (Phi) is 10.2. The van der Waals surface area contributed by atoms with E-state index < -0.39 is 0 Å². The van der Waals surface area contributed by atoms with Crippen LogP contribution in [0.5, 0.6) is 23.0 Å². The zero-order valence-electron chi connectivity index (χ0n) is 27.7. The molecule has 1 aliphatic rings. The van der Waals surface area contributed by atoms with Gasteiger partial charge >= 0.3 is 0 Å². The first-order valence-corrected chi connectivity index (χ1v) is 16.8. The number of hydrogen-bond acceptors (Lipinski definition) is 5. The monoisotopic (exact) mass is 648 g/mol. The fourth-order valence-corrected chi connectivity index (χ4v) is 6.05. The quantitative estimate of drug-likeness (QED) is 0.125. The molecule has 1 aliphatic heterocycles. The molecule has 0 aromatic heterocycles. The van der Waals surface area contributed by atoms with E-state index in [1.54, 1.807) is 0 Å². The van der Waals surface area contributed by atoms with E-state index in [2.05, 4.69) is 73.7 Å². The lowest BCUT2D eigenvalue weighted by atomic mass is 9.93. The van der Waals surface area contributed by atoms with Gasteiger partial charge in [-0.05, 0) is 64.6 Å². The van der Waals surface area contributed by atoms with E-state index in [9.17, 15) is 0 Å². The smallest absolute Gasteiger partial charge is 0.162 e. The lowest BCUT2D eigenvalue weighted by Gasteiger charge is -2.35. The molecule has 246 valence electrons. The first kappa shape index (κ1) is 32.0. The topological polar surface area (TPSA) is 46.2 Å². The Morgan fingerprint density at radius 1 is 0.510 bits per heavy atom. The maximum atomic E-state index is 6.88. The fourth-order valence-electron chi connectivity index (χ4n) is 6.05. The largest absolute Gasteiger partial charge is 0.488 e. The van der Waals surface area contributed by atoms with Gasteiger partial charge in [0.15, 0.2) is 17.6 Å². The van der Waals surface area contributed by atoms with E-state index in [-0.39, 0.29) is 12.2 Å². The summed E-state index contributed by atoms with van der Waals surface area (Å²) in [5, 5.41) is 0. The van der Waals surface area contributed by atoms with E-state index in [4.69, 9.17) is 23.7 Å². The highest BCUT2D eigenvalue weighted by atomic mass is 16.5. The Labute approximate surface area is 288 Å². The maximum Gasteiger partial charge on any atom is 0.162 e. The Morgan fingerprint density at radius 2 is 1.00 bits per heavy atom. The maximum absolute atomic E-state index is 6.88. The SMILES string of the molecule is Cc1cc(OCc2ccccc2)c2c(c1)O[C@H](c1ccc(OCc3ccccc3)c(OCc3ccccc3)c1)[C@@H](OCc1ccccc1)C2. The molecule has 0 spiro atoms. The van der Waals surface area contributed by atoms with Crippen LogP contribution >= 0.6 is 0 Å². The van der Waals surface area contributed by atoms with E-state index in [1.165, 1.54) is 0 Å². The lowest BCUT2D eigenvalue weighted by Crippen LogP contribution is -2.33. The van der Waals surface area contributed by atoms with Gasteiger partial charge in [0.2, 0.25) is 0 Å². The van der Waals surface area contributed by atoms with Gasteiger partial charge in [0.25, 0.3) is 0 Å². The minimum absolute atomic E-state index is 0.285. The van der Waals surface area contributed by atoms with E-state index in [0.717, 1.165) is 50.4 Å². The van der Waals surface area contributed by atoms with Crippen molar-refractivity contribution in [2.24, 2.45) is 0 Å². The Hall–Kier alpha value is -5.52. The van der Waals surface area contributed by atoms with Crippen molar-refractivity contribution in [3.05, 3.63) is 191 Å². The highest BCUT2D eigenvalue weighted by molar-refractivity contribution is 5.51. The minimum Gasteiger partial charge on any atom is -0.488 e. The zero-order chi connectivity index (χ0) is 33.3. The van der Waals surface area contributed by atoms with Crippen molar-refractivity contribution >= 4 is 0 Å². The van der Waals surface area contributed by atoms with Crippen molar-refractivity contribution in [1.82, 2.24) is 0 Å². The summed E-state index contributed by atoms with van der Waals surface area (Å²) in [5.74, 6) is 2.96. The van der Waals surface area contributed by atoms with Gasteiger partial charge < -0.3 is 23.7 Å². The van der Waals surface area contributed by atoms with Crippen LogP contribution in [0.4, 0.5) is 0 Å². The number of rotatable bonds is 13.